The summed E-state index contributed by atoms with van der Waals surface area (Å²) in [5, 5.41) is 2.71. The van der Waals surface area contributed by atoms with Crippen LogP contribution in [0.1, 0.15) is 23.6 Å². The predicted octanol–water partition coefficient (Wildman–Crippen LogP) is 3.52. The van der Waals surface area contributed by atoms with E-state index in [1.54, 1.807) is 24.3 Å². The summed E-state index contributed by atoms with van der Waals surface area (Å²) < 4.78 is 52.3. The van der Waals surface area contributed by atoms with E-state index in [9.17, 15) is 22.4 Å². The number of esters is 1. The zero-order chi connectivity index (χ0) is 28.1. The molecule has 2 aliphatic heterocycles. The van der Waals surface area contributed by atoms with Crippen LogP contribution in [0.3, 0.4) is 0 Å². The smallest absolute Gasteiger partial charge is 0.308 e. The van der Waals surface area contributed by atoms with E-state index in [2.05, 4.69) is 10.2 Å². The molecule has 2 aliphatic rings. The summed E-state index contributed by atoms with van der Waals surface area (Å²) in [7, 11) is -4.03. The molecule has 2 heterocycles. The van der Waals surface area contributed by atoms with Crippen LogP contribution in [0.4, 0.5) is 15.8 Å². The Morgan fingerprint density at radius 3 is 2.38 bits per heavy atom. The third kappa shape index (κ3) is 6.33. The van der Waals surface area contributed by atoms with Crippen molar-refractivity contribution < 1.29 is 31.9 Å². The average molecular weight is 568 g/mol. The van der Waals surface area contributed by atoms with Crippen LogP contribution in [-0.4, -0.2) is 64.1 Å². The number of halogens is 1. The first kappa shape index (κ1) is 27.8. The molecule has 40 heavy (non-hydrogen) atoms. The average Bonchev–Trinajstić information content (AvgIpc) is 2.97. The Balaban J connectivity index is 1.23. The number of rotatable bonds is 8. The molecule has 0 aromatic heterocycles. The molecule has 1 unspecified atom stereocenters. The number of nitrogens with zero attached hydrogens (tertiary/aromatic N) is 2. The van der Waals surface area contributed by atoms with Crippen molar-refractivity contribution in [1.82, 2.24) is 4.31 Å². The fraction of sp³-hybridized carbons (Fsp3) is 0.310. The van der Waals surface area contributed by atoms with Crippen molar-refractivity contribution in [2.45, 2.75) is 23.8 Å². The van der Waals surface area contributed by atoms with Crippen molar-refractivity contribution in [1.29, 1.82) is 0 Å². The van der Waals surface area contributed by atoms with Gasteiger partial charge in [-0.1, -0.05) is 24.3 Å². The van der Waals surface area contributed by atoms with Gasteiger partial charge in [0.2, 0.25) is 10.0 Å². The molecule has 0 saturated carbocycles. The zero-order valence-corrected chi connectivity index (χ0v) is 22.6. The Bertz CT molecular complexity index is 1460. The van der Waals surface area contributed by atoms with Crippen molar-refractivity contribution in [2.75, 3.05) is 49.7 Å². The number of carbonyl (C=O) groups is 2. The highest BCUT2D eigenvalue weighted by Crippen LogP contribution is 2.36. The number of ether oxygens (including phenoxy) is 2. The number of nitrogens with one attached hydrogen (secondary N) is 1. The highest BCUT2D eigenvalue weighted by atomic mass is 32.2. The number of benzene rings is 3. The van der Waals surface area contributed by atoms with Gasteiger partial charge in [-0.3, -0.25) is 9.59 Å². The maximum absolute atomic E-state index is 13.5. The van der Waals surface area contributed by atoms with E-state index >= 15 is 0 Å². The molecule has 210 valence electrons. The van der Waals surface area contributed by atoms with Crippen LogP contribution in [0.2, 0.25) is 0 Å². The first-order valence-corrected chi connectivity index (χ1v) is 14.5. The molecule has 0 spiro atoms. The lowest BCUT2D eigenvalue weighted by Crippen LogP contribution is -2.41. The minimum Gasteiger partial charge on any atom is -0.456 e. The number of morpholine rings is 1. The number of fused-ring (bicyclic) bond motifs is 1. The van der Waals surface area contributed by atoms with Gasteiger partial charge in [-0.15, -0.1) is 0 Å². The molecular weight excluding hydrogens is 537 g/mol. The summed E-state index contributed by atoms with van der Waals surface area (Å²) in [6, 6.07) is 18.4. The first-order valence-electron chi connectivity index (χ1n) is 13.0. The third-order valence-electron chi connectivity index (χ3n) is 7.04. The van der Waals surface area contributed by atoms with E-state index in [0.717, 1.165) is 36.5 Å². The quantitative estimate of drug-likeness (QED) is 0.416. The number of sulfonamides is 1. The van der Waals surface area contributed by atoms with Gasteiger partial charge in [0.25, 0.3) is 5.91 Å². The van der Waals surface area contributed by atoms with E-state index < -0.39 is 40.4 Å². The zero-order valence-electron chi connectivity index (χ0n) is 21.8. The topological polar surface area (TPSA) is 105 Å². The van der Waals surface area contributed by atoms with E-state index in [4.69, 9.17) is 9.47 Å². The van der Waals surface area contributed by atoms with Gasteiger partial charge in [-0.05, 0) is 66.1 Å². The molecule has 0 bridgehead atoms. The second-order valence-corrected chi connectivity index (χ2v) is 11.5. The number of carbonyl (C=O) groups excluding carboxylic acids is 2. The van der Waals surface area contributed by atoms with Crippen LogP contribution >= 0.6 is 0 Å². The SMILES string of the molecule is O=C(COC(=O)CC1c2ccccc2CCN1S(=O)(=O)c1ccc(F)cc1)Nc1ccc(N2CCOCC2)cc1. The molecule has 3 aromatic carbocycles. The Kier molecular flexibility index (Phi) is 8.43. The maximum Gasteiger partial charge on any atom is 0.308 e. The molecule has 11 heteroatoms. The van der Waals surface area contributed by atoms with E-state index in [1.165, 1.54) is 16.4 Å². The van der Waals surface area contributed by atoms with Gasteiger partial charge in [0, 0.05) is 31.0 Å². The fourth-order valence-electron chi connectivity index (χ4n) is 5.01. The molecule has 1 amide bonds. The molecule has 0 aliphatic carbocycles. The lowest BCUT2D eigenvalue weighted by Gasteiger charge is -2.36. The van der Waals surface area contributed by atoms with Crippen molar-refractivity contribution >= 4 is 33.3 Å². The molecule has 9 nitrogen and oxygen atoms in total. The molecule has 1 atom stereocenters. The second kappa shape index (κ2) is 12.2. The predicted molar refractivity (Wildman–Crippen MR) is 147 cm³/mol. The van der Waals surface area contributed by atoms with Gasteiger partial charge in [-0.2, -0.15) is 4.31 Å². The van der Waals surface area contributed by atoms with Gasteiger partial charge in [-0.25, -0.2) is 12.8 Å². The molecular formula is C29H30FN3O6S. The standard InChI is InChI=1S/C29H30FN3O6S/c30-22-5-11-25(12-6-22)40(36,37)33-14-13-21-3-1-2-4-26(21)27(33)19-29(35)39-20-28(34)31-23-7-9-24(10-8-23)32-15-17-38-18-16-32/h1-12,27H,13-20H2,(H,31,34). The lowest BCUT2D eigenvalue weighted by molar-refractivity contribution is -0.148. The van der Waals surface area contributed by atoms with E-state index in [1.807, 2.05) is 24.3 Å². The summed E-state index contributed by atoms with van der Waals surface area (Å²) in [5.74, 6) is -1.76. The highest BCUT2D eigenvalue weighted by Gasteiger charge is 2.38. The highest BCUT2D eigenvalue weighted by molar-refractivity contribution is 7.89. The van der Waals surface area contributed by atoms with Crippen LogP contribution in [0.5, 0.6) is 0 Å². The largest absolute Gasteiger partial charge is 0.456 e. The van der Waals surface area contributed by atoms with Crippen LogP contribution in [0, 0.1) is 5.82 Å². The molecule has 3 aromatic rings. The summed E-state index contributed by atoms with van der Waals surface area (Å²) >= 11 is 0. The number of amides is 1. The molecule has 0 radical (unpaired) electrons. The van der Waals surface area contributed by atoms with Crippen LogP contribution in [-0.2, 0) is 35.5 Å². The summed E-state index contributed by atoms with van der Waals surface area (Å²) in [4.78, 5) is 27.5. The third-order valence-corrected chi connectivity index (χ3v) is 8.96. The second-order valence-electron chi connectivity index (χ2n) is 9.59. The summed E-state index contributed by atoms with van der Waals surface area (Å²) in [6.45, 7) is 2.59. The van der Waals surface area contributed by atoms with E-state index in [0.29, 0.717) is 30.9 Å². The van der Waals surface area contributed by atoms with Gasteiger partial charge < -0.3 is 19.7 Å². The molecule has 1 N–H and O–H groups in total. The van der Waals surface area contributed by atoms with Gasteiger partial charge >= 0.3 is 5.97 Å². The number of anilines is 2. The molecule has 1 fully saturated rings. The first-order chi connectivity index (χ1) is 19.3. The lowest BCUT2D eigenvalue weighted by atomic mass is 9.92. The number of hydrogen-bond acceptors (Lipinski definition) is 7. The number of hydrogen-bond donors (Lipinski definition) is 1. The Morgan fingerprint density at radius 2 is 1.65 bits per heavy atom. The van der Waals surface area contributed by atoms with Crippen molar-refractivity contribution in [3.05, 3.63) is 89.7 Å². The normalized spacial score (nSPS) is 17.6. The molecule has 5 rings (SSSR count). The Hall–Kier alpha value is -3.80. The minimum atomic E-state index is -4.03. The van der Waals surface area contributed by atoms with Crippen molar-refractivity contribution in [3.8, 4) is 0 Å². The van der Waals surface area contributed by atoms with Crippen molar-refractivity contribution in [3.63, 3.8) is 0 Å². The molecule has 1 saturated heterocycles. The van der Waals surface area contributed by atoms with Gasteiger partial charge in [0.05, 0.1) is 30.6 Å². The van der Waals surface area contributed by atoms with Crippen LogP contribution in [0.25, 0.3) is 0 Å². The summed E-state index contributed by atoms with van der Waals surface area (Å²) in [5.41, 5.74) is 3.22. The summed E-state index contributed by atoms with van der Waals surface area (Å²) in [6.07, 6.45) is 0.188. The van der Waals surface area contributed by atoms with E-state index in [-0.39, 0.29) is 17.9 Å². The fourth-order valence-corrected chi connectivity index (χ4v) is 6.61. The minimum absolute atomic E-state index is 0.0642. The van der Waals surface area contributed by atoms with Gasteiger partial charge in [0.1, 0.15) is 5.82 Å². The maximum atomic E-state index is 13.5. The van der Waals surface area contributed by atoms with Crippen LogP contribution in [0.15, 0.2) is 77.7 Å². The van der Waals surface area contributed by atoms with Crippen LogP contribution < -0.4 is 10.2 Å². The Labute approximate surface area is 232 Å². The van der Waals surface area contributed by atoms with Gasteiger partial charge in [0.15, 0.2) is 6.61 Å². The van der Waals surface area contributed by atoms with Crippen molar-refractivity contribution in [2.24, 2.45) is 0 Å². The Morgan fingerprint density at radius 1 is 0.950 bits per heavy atom. The monoisotopic (exact) mass is 567 g/mol.